The van der Waals surface area contributed by atoms with Gasteiger partial charge in [0.1, 0.15) is 59.8 Å². The second-order valence-electron chi connectivity index (χ2n) is 21.9. The number of esters is 2. The van der Waals surface area contributed by atoms with Crippen LogP contribution >= 0.6 is 0 Å². The van der Waals surface area contributed by atoms with Gasteiger partial charge in [-0.2, -0.15) is 10.5 Å². The quantitative estimate of drug-likeness (QED) is 0.0461. The van der Waals surface area contributed by atoms with Gasteiger partial charge in [0, 0.05) is 61.3 Å². The lowest BCUT2D eigenvalue weighted by Gasteiger charge is -2.21. The molecule has 0 spiro atoms. The molecule has 2 aliphatic rings. The molecule has 93 heavy (non-hydrogen) atoms. The summed E-state index contributed by atoms with van der Waals surface area (Å²) in [6, 6.07) is 31.1. The number of halogens is 6. The van der Waals surface area contributed by atoms with E-state index in [9.17, 15) is 28.0 Å². The van der Waals surface area contributed by atoms with E-state index in [1.807, 2.05) is 12.1 Å². The molecule has 2 saturated heterocycles. The summed E-state index contributed by atoms with van der Waals surface area (Å²) >= 11 is 0. The molecule has 2 aliphatic heterocycles. The number of nitriles is 2. The first-order chi connectivity index (χ1) is 45.0. The Hall–Kier alpha value is -11.3. The molecule has 10 aromatic rings. The van der Waals surface area contributed by atoms with E-state index in [1.165, 1.54) is 111 Å². The Morgan fingerprint density at radius 1 is 0.505 bits per heavy atom. The Labute approximate surface area is 524 Å². The van der Waals surface area contributed by atoms with Crippen LogP contribution in [0.25, 0.3) is 44.6 Å². The molecular weight excluding hydrogens is 1210 g/mol. The number of carbonyl (C=O) groups is 4. The Balaban J connectivity index is 0.807. The zero-order chi connectivity index (χ0) is 65.2. The molecule has 2 amide bonds. The number of nitrogens with one attached hydrogen (secondary N) is 2. The number of rotatable bonds is 18. The zero-order valence-corrected chi connectivity index (χ0v) is 49.2. The van der Waals surface area contributed by atoms with Gasteiger partial charge in [-0.1, -0.05) is 24.3 Å². The minimum atomic E-state index is -1.11. The molecule has 2 fully saturated rings. The third kappa shape index (κ3) is 12.7. The number of aromatic nitrogens is 6. The molecule has 0 bridgehead atoms. The number of nitrogens with zero attached hydrogens (tertiary/aromatic N) is 8. The smallest absolute Gasteiger partial charge is 0.346 e. The Morgan fingerprint density at radius 2 is 0.925 bits per heavy atom. The van der Waals surface area contributed by atoms with Crippen LogP contribution in [0, 0.1) is 69.4 Å². The number of carbonyl (C=O) groups excluding carboxylic acids is 4. The molecule has 0 aliphatic carbocycles. The Bertz CT molecular complexity index is 4460. The van der Waals surface area contributed by atoms with Gasteiger partial charge in [0.25, 0.3) is 0 Å². The lowest BCUT2D eigenvalue weighted by atomic mass is 10.0. The first-order valence-corrected chi connectivity index (χ1v) is 28.9. The molecule has 4 aromatic heterocycles. The first-order valence-electron chi connectivity index (χ1n) is 28.9. The van der Waals surface area contributed by atoms with Gasteiger partial charge in [-0.05, 0) is 108 Å². The monoisotopic (exact) mass is 1260 g/mol. The molecule has 0 unspecified atom stereocenters. The van der Waals surface area contributed by atoms with E-state index in [0.29, 0.717) is 0 Å². The van der Waals surface area contributed by atoms with Crippen molar-refractivity contribution in [3.8, 4) is 46.4 Å². The van der Waals surface area contributed by atoms with Crippen molar-refractivity contribution in [3.63, 3.8) is 0 Å². The number of pyridine rings is 2. The molecular formula is C68H50F6N10O9. The third-order valence-corrected chi connectivity index (χ3v) is 16.2. The average molecular weight is 1270 g/mol. The second-order valence-corrected chi connectivity index (χ2v) is 21.9. The van der Waals surface area contributed by atoms with E-state index in [1.54, 1.807) is 9.13 Å². The summed E-state index contributed by atoms with van der Waals surface area (Å²) in [4.78, 5) is 73.1. The van der Waals surface area contributed by atoms with Crippen LogP contribution in [0.15, 0.2) is 133 Å². The number of benzene rings is 6. The van der Waals surface area contributed by atoms with Crippen LogP contribution in [0.4, 0.5) is 26.3 Å². The summed E-state index contributed by atoms with van der Waals surface area (Å²) in [7, 11) is 2.90. The van der Waals surface area contributed by atoms with Crippen LogP contribution in [0.3, 0.4) is 0 Å². The van der Waals surface area contributed by atoms with Crippen LogP contribution in [-0.2, 0) is 49.9 Å². The fourth-order valence-electron chi connectivity index (χ4n) is 11.4. The van der Waals surface area contributed by atoms with Gasteiger partial charge in [-0.15, -0.1) is 0 Å². The van der Waals surface area contributed by atoms with Gasteiger partial charge in [-0.3, -0.25) is 9.59 Å². The lowest BCUT2D eigenvalue weighted by molar-refractivity contribution is -0.126. The highest BCUT2D eigenvalue weighted by Crippen LogP contribution is 2.37. The summed E-state index contributed by atoms with van der Waals surface area (Å²) in [6.07, 6.45) is -0.650. The highest BCUT2D eigenvalue weighted by atomic mass is 19.1. The van der Waals surface area contributed by atoms with E-state index in [0.717, 1.165) is 36.4 Å². The largest absolute Gasteiger partial charge is 0.473 e. The normalized spacial score (nSPS) is 16.0. The van der Waals surface area contributed by atoms with Crippen molar-refractivity contribution in [1.29, 1.82) is 10.5 Å². The van der Waals surface area contributed by atoms with Gasteiger partial charge in [-0.25, -0.2) is 55.9 Å². The van der Waals surface area contributed by atoms with Crippen LogP contribution in [0.1, 0.15) is 77.8 Å². The molecule has 2 N–H and O–H groups in total. The average Bonchev–Trinajstić information content (AvgIpc) is 1.63. The SMILES string of the molecule is CNC(=O)[C@@H]1COC[C@@H]1n1c(Cc2cc(F)c(-c3cccc(OCc4ccc(C#N)cc4F)n3)cc2F)nc2ccc(C(=O)OC(=O)c3ccc4nc(Cc5cc(F)c(-c6cccc(OCc7ccc(C#N)cc7F)n6)cc5F)n([C@H]5COC[C@H]5C(=O)NC)c4c3)cc21. The zero-order valence-electron chi connectivity index (χ0n) is 49.2. The number of fused-ring (bicyclic) bond motifs is 2. The molecule has 6 heterocycles. The second kappa shape index (κ2) is 26.3. The summed E-state index contributed by atoms with van der Waals surface area (Å²) < 4.78 is 126. The highest BCUT2D eigenvalue weighted by molar-refractivity contribution is 6.05. The van der Waals surface area contributed by atoms with E-state index in [-0.39, 0.29) is 177 Å². The van der Waals surface area contributed by atoms with Crippen molar-refractivity contribution in [1.82, 2.24) is 39.7 Å². The van der Waals surface area contributed by atoms with Crippen LogP contribution in [0.2, 0.25) is 0 Å². The fraction of sp³-hybridized carbons (Fsp3) is 0.206. The Morgan fingerprint density at radius 3 is 1.32 bits per heavy atom. The van der Waals surface area contributed by atoms with Crippen LogP contribution in [0.5, 0.6) is 11.8 Å². The number of imidazole rings is 2. The van der Waals surface area contributed by atoms with Crippen molar-refractivity contribution in [2.24, 2.45) is 11.8 Å². The summed E-state index contributed by atoms with van der Waals surface area (Å²) in [5.74, 6) is -9.03. The van der Waals surface area contributed by atoms with Crippen molar-refractivity contribution in [2.75, 3.05) is 40.5 Å². The van der Waals surface area contributed by atoms with Gasteiger partial charge in [0.15, 0.2) is 0 Å². The summed E-state index contributed by atoms with van der Waals surface area (Å²) in [5, 5.41) is 23.4. The minimum absolute atomic E-state index is 0.00620. The maximum Gasteiger partial charge on any atom is 0.346 e. The highest BCUT2D eigenvalue weighted by Gasteiger charge is 2.39. The maximum absolute atomic E-state index is 16.4. The molecule has 25 heteroatoms. The molecule has 0 radical (unpaired) electrons. The van der Waals surface area contributed by atoms with Crippen molar-refractivity contribution in [2.45, 2.75) is 38.1 Å². The fourth-order valence-corrected chi connectivity index (χ4v) is 11.4. The molecule has 6 aromatic carbocycles. The number of ether oxygens (including phenoxy) is 5. The number of hydrogen-bond acceptors (Lipinski definition) is 15. The van der Waals surface area contributed by atoms with Crippen molar-refractivity contribution < 1.29 is 69.2 Å². The van der Waals surface area contributed by atoms with Gasteiger partial charge < -0.3 is 43.5 Å². The van der Waals surface area contributed by atoms with E-state index >= 15 is 17.6 Å². The molecule has 12 rings (SSSR count). The molecule has 0 saturated carbocycles. The predicted octanol–water partition coefficient (Wildman–Crippen LogP) is 10.3. The maximum atomic E-state index is 16.4. The molecule has 19 nitrogen and oxygen atoms in total. The number of amides is 2. The van der Waals surface area contributed by atoms with Gasteiger partial charge >= 0.3 is 11.9 Å². The molecule has 4 atom stereocenters. The van der Waals surface area contributed by atoms with E-state index in [4.69, 9.17) is 44.2 Å². The first kappa shape index (κ1) is 61.9. The summed E-state index contributed by atoms with van der Waals surface area (Å²) in [5.41, 5.74) is 0.636. The minimum Gasteiger partial charge on any atom is -0.473 e. The van der Waals surface area contributed by atoms with Crippen LogP contribution in [-0.4, -0.2) is 93.3 Å². The topological polar surface area (TPSA) is 247 Å². The Kier molecular flexibility index (Phi) is 17.5. The number of hydrogen-bond donors (Lipinski definition) is 2. The standard InChI is InChI=1S/C68H50F6N10O9/c1-77-65(85)45-31-89-33-59(45)83-57-21-37(13-15-55(57)79-61(83)23-41-19-51(73)43(25-49(41)71)53-5-3-7-63(81-53)91-29-39-11-9-35(27-75)17-47(39)69)67(87)93-68(88)38-14-16-56-58(22-38)84(60-34-90-32-46(60)66(86)78-2)62(80-56)24-42-20-52(74)44(26-50(42)72)54-6-4-8-64(82-54)92-30-40-12-10-36(28-76)18-48(40)70/h3-22,25-26,45-46,59-60H,23-24,29-34H2,1-2H3,(H,77,85)(H,78,86)/t45-,46-,59+,60+/m1/s1. The van der Waals surface area contributed by atoms with Crippen molar-refractivity contribution >= 4 is 45.8 Å². The van der Waals surface area contributed by atoms with Crippen molar-refractivity contribution in [3.05, 3.63) is 225 Å². The third-order valence-electron chi connectivity index (χ3n) is 16.2. The van der Waals surface area contributed by atoms with Gasteiger partial charge in [0.05, 0.1) is 118 Å². The predicted molar refractivity (Wildman–Crippen MR) is 320 cm³/mol. The molecule has 468 valence electrons. The van der Waals surface area contributed by atoms with Crippen LogP contribution < -0.4 is 20.1 Å². The summed E-state index contributed by atoms with van der Waals surface area (Å²) in [6.45, 7) is -0.591. The lowest BCUT2D eigenvalue weighted by Crippen LogP contribution is -2.34. The van der Waals surface area contributed by atoms with E-state index < -0.39 is 70.8 Å². The van der Waals surface area contributed by atoms with Gasteiger partial charge in [0.2, 0.25) is 23.6 Å². The van der Waals surface area contributed by atoms with E-state index in [2.05, 4.69) is 20.6 Å².